The summed E-state index contributed by atoms with van der Waals surface area (Å²) in [6, 6.07) is 12.7. The van der Waals surface area contributed by atoms with Gasteiger partial charge >= 0.3 is 7.12 Å². The van der Waals surface area contributed by atoms with Gasteiger partial charge < -0.3 is 10.0 Å². The first-order valence-electron chi connectivity index (χ1n) is 6.07. The summed E-state index contributed by atoms with van der Waals surface area (Å²) in [5.41, 5.74) is 3.11. The molecule has 0 aliphatic rings. The van der Waals surface area contributed by atoms with Gasteiger partial charge in [0.15, 0.2) is 0 Å². The third-order valence-electron chi connectivity index (χ3n) is 2.89. The van der Waals surface area contributed by atoms with E-state index in [9.17, 15) is 0 Å². The van der Waals surface area contributed by atoms with Crippen LogP contribution in [0.2, 0.25) is 0 Å². The van der Waals surface area contributed by atoms with Crippen molar-refractivity contribution >= 4 is 23.9 Å². The van der Waals surface area contributed by atoms with E-state index in [2.05, 4.69) is 9.97 Å². The van der Waals surface area contributed by atoms with E-state index in [-0.39, 0.29) is 0 Å². The van der Waals surface area contributed by atoms with Gasteiger partial charge in [-0.25, -0.2) is 4.98 Å². The Bertz CT molecular complexity index is 699. The molecule has 1 aromatic carbocycles. The summed E-state index contributed by atoms with van der Waals surface area (Å²) in [7, 11) is -1.44. The van der Waals surface area contributed by atoms with Gasteiger partial charge in [0.1, 0.15) is 5.01 Å². The Morgan fingerprint density at radius 3 is 2.40 bits per heavy atom. The molecule has 98 valence electrons. The molecule has 20 heavy (non-hydrogen) atoms. The van der Waals surface area contributed by atoms with Gasteiger partial charge in [0.2, 0.25) is 0 Å². The van der Waals surface area contributed by atoms with Gasteiger partial charge in [-0.15, -0.1) is 11.3 Å². The van der Waals surface area contributed by atoms with Crippen molar-refractivity contribution in [2.24, 2.45) is 0 Å². The molecular weight excluding hydrogens is 271 g/mol. The fourth-order valence-corrected chi connectivity index (χ4v) is 2.64. The number of hydrogen-bond acceptors (Lipinski definition) is 5. The SMILES string of the molecule is OB(O)c1ccc(-c2csc(-c3ccccn3)n2)cc1. The lowest BCUT2D eigenvalue weighted by molar-refractivity contribution is 0.426. The molecule has 3 aromatic rings. The first kappa shape index (κ1) is 13.0. The van der Waals surface area contributed by atoms with Crippen molar-refractivity contribution in [3.63, 3.8) is 0 Å². The van der Waals surface area contributed by atoms with Crippen LogP contribution < -0.4 is 5.46 Å². The van der Waals surface area contributed by atoms with Crippen molar-refractivity contribution in [3.05, 3.63) is 54.0 Å². The summed E-state index contributed by atoms with van der Waals surface area (Å²) < 4.78 is 0. The van der Waals surface area contributed by atoms with Crippen LogP contribution in [0.25, 0.3) is 22.0 Å². The zero-order chi connectivity index (χ0) is 13.9. The van der Waals surface area contributed by atoms with Crippen molar-refractivity contribution < 1.29 is 10.0 Å². The molecule has 2 heterocycles. The predicted molar refractivity (Wildman–Crippen MR) is 80.6 cm³/mol. The van der Waals surface area contributed by atoms with Crippen LogP contribution >= 0.6 is 11.3 Å². The minimum Gasteiger partial charge on any atom is -0.423 e. The minimum atomic E-state index is -1.44. The Hall–Kier alpha value is -2.02. The lowest BCUT2D eigenvalue weighted by Gasteiger charge is -2.00. The molecule has 0 atom stereocenters. The fourth-order valence-electron chi connectivity index (χ4n) is 1.84. The molecule has 0 spiro atoms. The second kappa shape index (κ2) is 5.54. The lowest BCUT2D eigenvalue weighted by atomic mass is 9.80. The molecule has 0 amide bonds. The maximum Gasteiger partial charge on any atom is 0.488 e. The largest absolute Gasteiger partial charge is 0.488 e. The van der Waals surface area contributed by atoms with Crippen LogP contribution in [0.15, 0.2) is 54.0 Å². The van der Waals surface area contributed by atoms with Crippen LogP contribution in [0, 0.1) is 0 Å². The Balaban J connectivity index is 1.90. The molecule has 0 aliphatic heterocycles. The van der Waals surface area contributed by atoms with Crippen LogP contribution in [0.4, 0.5) is 0 Å². The maximum absolute atomic E-state index is 9.07. The third-order valence-corrected chi connectivity index (χ3v) is 3.76. The van der Waals surface area contributed by atoms with Crippen LogP contribution in [0.1, 0.15) is 0 Å². The van der Waals surface area contributed by atoms with E-state index < -0.39 is 7.12 Å². The molecule has 2 aromatic heterocycles. The maximum atomic E-state index is 9.07. The monoisotopic (exact) mass is 282 g/mol. The number of benzene rings is 1. The molecule has 0 saturated carbocycles. The van der Waals surface area contributed by atoms with Crippen molar-refractivity contribution in [1.82, 2.24) is 9.97 Å². The molecule has 0 aliphatic carbocycles. The number of nitrogens with zero attached hydrogens (tertiary/aromatic N) is 2. The number of thiazole rings is 1. The summed E-state index contributed by atoms with van der Waals surface area (Å²) in [6.45, 7) is 0. The molecule has 0 radical (unpaired) electrons. The third kappa shape index (κ3) is 2.62. The Labute approximate surface area is 120 Å². The predicted octanol–water partition coefficient (Wildman–Crippen LogP) is 1.55. The standard InChI is InChI=1S/C14H11BN2O2S/c18-15(19)11-6-4-10(5-7-11)13-9-20-14(17-13)12-3-1-2-8-16-12/h1-9,18-19H. The van der Waals surface area contributed by atoms with E-state index in [0.717, 1.165) is 22.0 Å². The van der Waals surface area contributed by atoms with Gasteiger partial charge in [-0.2, -0.15) is 0 Å². The van der Waals surface area contributed by atoms with Gasteiger partial charge in [0.05, 0.1) is 11.4 Å². The second-order valence-electron chi connectivity index (χ2n) is 4.25. The Morgan fingerprint density at radius 2 is 1.75 bits per heavy atom. The highest BCUT2D eigenvalue weighted by molar-refractivity contribution is 7.13. The highest BCUT2D eigenvalue weighted by atomic mass is 32.1. The van der Waals surface area contributed by atoms with Crippen LogP contribution in [0.5, 0.6) is 0 Å². The molecule has 2 N–H and O–H groups in total. The molecule has 6 heteroatoms. The van der Waals surface area contributed by atoms with Gasteiger partial charge in [0.25, 0.3) is 0 Å². The first-order valence-corrected chi connectivity index (χ1v) is 6.95. The first-order chi connectivity index (χ1) is 9.74. The van der Waals surface area contributed by atoms with E-state index in [1.54, 1.807) is 18.3 Å². The topological polar surface area (TPSA) is 66.2 Å². The zero-order valence-electron chi connectivity index (χ0n) is 10.5. The normalized spacial score (nSPS) is 10.5. The van der Waals surface area contributed by atoms with E-state index in [1.807, 2.05) is 35.7 Å². The Kier molecular flexibility index (Phi) is 3.60. The quantitative estimate of drug-likeness (QED) is 0.715. The van der Waals surface area contributed by atoms with Gasteiger partial charge in [-0.1, -0.05) is 30.3 Å². The number of pyridine rings is 1. The zero-order valence-corrected chi connectivity index (χ0v) is 11.3. The van der Waals surface area contributed by atoms with Crippen LogP contribution in [-0.4, -0.2) is 27.1 Å². The summed E-state index contributed by atoms with van der Waals surface area (Å²) in [4.78, 5) is 8.83. The average Bonchev–Trinajstić information content (AvgIpc) is 2.98. The Morgan fingerprint density at radius 1 is 0.950 bits per heavy atom. The molecule has 3 rings (SSSR count). The molecule has 0 bridgehead atoms. The summed E-state index contributed by atoms with van der Waals surface area (Å²) in [5.74, 6) is 0. The van der Waals surface area contributed by atoms with Crippen LogP contribution in [-0.2, 0) is 0 Å². The summed E-state index contributed by atoms with van der Waals surface area (Å²) in [6.07, 6.45) is 1.74. The van der Waals surface area contributed by atoms with Gasteiger partial charge in [0, 0.05) is 17.1 Å². The molecule has 0 unspecified atom stereocenters. The molecule has 4 nitrogen and oxygen atoms in total. The summed E-state index contributed by atoms with van der Waals surface area (Å²) in [5, 5.41) is 21.0. The van der Waals surface area contributed by atoms with E-state index in [4.69, 9.17) is 10.0 Å². The van der Waals surface area contributed by atoms with Crippen LogP contribution in [0.3, 0.4) is 0 Å². The fraction of sp³-hybridized carbons (Fsp3) is 0. The van der Waals surface area contributed by atoms with Crippen molar-refractivity contribution in [3.8, 4) is 22.0 Å². The van der Waals surface area contributed by atoms with E-state index >= 15 is 0 Å². The minimum absolute atomic E-state index is 0.467. The summed E-state index contributed by atoms with van der Waals surface area (Å²) >= 11 is 1.54. The molecular formula is C14H11BN2O2S. The van der Waals surface area contributed by atoms with Crippen molar-refractivity contribution in [2.45, 2.75) is 0 Å². The lowest BCUT2D eigenvalue weighted by Crippen LogP contribution is -2.29. The highest BCUT2D eigenvalue weighted by Gasteiger charge is 2.11. The van der Waals surface area contributed by atoms with Gasteiger partial charge in [-0.3, -0.25) is 4.98 Å². The number of rotatable bonds is 3. The second-order valence-corrected chi connectivity index (χ2v) is 5.11. The smallest absolute Gasteiger partial charge is 0.423 e. The number of aromatic nitrogens is 2. The number of hydrogen-bond donors (Lipinski definition) is 2. The van der Waals surface area contributed by atoms with E-state index in [1.165, 1.54) is 11.3 Å². The van der Waals surface area contributed by atoms with Crippen molar-refractivity contribution in [1.29, 1.82) is 0 Å². The van der Waals surface area contributed by atoms with E-state index in [0.29, 0.717) is 5.46 Å². The molecule has 0 fully saturated rings. The molecule has 0 saturated heterocycles. The highest BCUT2D eigenvalue weighted by Crippen LogP contribution is 2.27. The average molecular weight is 282 g/mol. The van der Waals surface area contributed by atoms with Crippen molar-refractivity contribution in [2.75, 3.05) is 0 Å². The van der Waals surface area contributed by atoms with Gasteiger partial charge in [-0.05, 0) is 17.6 Å².